The van der Waals surface area contributed by atoms with E-state index in [0.717, 1.165) is 25.2 Å². The molecule has 0 radical (unpaired) electrons. The molecule has 29 heavy (non-hydrogen) atoms. The zero-order valence-corrected chi connectivity index (χ0v) is 19.1. The fraction of sp³-hybridized carbons (Fsp3) is 0.333. The van der Waals surface area contributed by atoms with Crippen molar-refractivity contribution in [3.63, 3.8) is 0 Å². The third-order valence-electron chi connectivity index (χ3n) is 5.83. The molecule has 2 N–H and O–H groups in total. The molecule has 0 aromatic carbocycles. The Balaban J connectivity index is 1.43. The second-order valence-electron chi connectivity index (χ2n) is 7.60. The number of carbonyl (C=O) groups excluding carboxylic acids is 1. The van der Waals surface area contributed by atoms with E-state index < -0.39 is 34.7 Å². The van der Waals surface area contributed by atoms with Gasteiger partial charge in [0, 0.05) is 0 Å². The van der Waals surface area contributed by atoms with Crippen molar-refractivity contribution >= 4 is 41.4 Å². The van der Waals surface area contributed by atoms with E-state index in [2.05, 4.69) is 43.9 Å². The molecular formula is C18H14F2I2N5O2-. The standard InChI is InChI=1S/C18H14F2I2N5O2/c19-9-3-10-11(5-24-13(10)23-4-9)14-25-6-12(20)15(26-14)27-18-2-1-17(7-18,8-18)16(28)29-22-21/h3-6H,1-2,7-8H2,(H,23,24)(H,25,26,27)/q-1. The number of H-pyrrole nitrogens is 1. The summed E-state index contributed by atoms with van der Waals surface area (Å²) >= 11 is 1.52. The van der Waals surface area contributed by atoms with E-state index in [-0.39, 0.29) is 23.2 Å². The average Bonchev–Trinajstić information content (AvgIpc) is 3.35. The molecule has 0 unspecified atom stereocenters. The average molecular weight is 624 g/mol. The van der Waals surface area contributed by atoms with Gasteiger partial charge in [-0.25, -0.2) is 9.37 Å². The molecular weight excluding hydrogens is 610 g/mol. The van der Waals surface area contributed by atoms with Gasteiger partial charge in [0.05, 0.1) is 6.20 Å². The van der Waals surface area contributed by atoms with Gasteiger partial charge >= 0.3 is 164 Å². The van der Waals surface area contributed by atoms with Crippen LogP contribution in [0.15, 0.2) is 24.7 Å². The first-order valence-corrected chi connectivity index (χ1v) is 16.0. The van der Waals surface area contributed by atoms with E-state index in [4.69, 9.17) is 3.07 Å². The topological polar surface area (TPSA) is 92.8 Å². The summed E-state index contributed by atoms with van der Waals surface area (Å²) in [6.45, 7) is 0. The molecule has 11 heteroatoms. The van der Waals surface area contributed by atoms with Gasteiger partial charge in [0.2, 0.25) is 0 Å². The van der Waals surface area contributed by atoms with E-state index in [0.29, 0.717) is 29.4 Å². The van der Waals surface area contributed by atoms with Crippen molar-refractivity contribution in [2.75, 3.05) is 5.32 Å². The third-order valence-corrected chi connectivity index (χ3v) is 7.52. The summed E-state index contributed by atoms with van der Waals surface area (Å²) in [6, 6.07) is 1.34. The van der Waals surface area contributed by atoms with E-state index in [9.17, 15) is 13.6 Å². The van der Waals surface area contributed by atoms with Crippen LogP contribution in [0.4, 0.5) is 14.6 Å². The summed E-state index contributed by atoms with van der Waals surface area (Å²) in [6.07, 6.45) is 6.55. The molecule has 3 heterocycles. The van der Waals surface area contributed by atoms with Crippen LogP contribution in [0.3, 0.4) is 0 Å². The molecule has 3 aromatic rings. The number of rotatable bonds is 5. The van der Waals surface area contributed by atoms with Crippen LogP contribution in [-0.2, 0) is 7.86 Å². The van der Waals surface area contributed by atoms with E-state index >= 15 is 0 Å². The Morgan fingerprint density at radius 2 is 2.10 bits per heavy atom. The van der Waals surface area contributed by atoms with Crippen LogP contribution < -0.4 is 23.0 Å². The van der Waals surface area contributed by atoms with Crippen LogP contribution in [0.5, 0.6) is 0 Å². The van der Waals surface area contributed by atoms with E-state index in [1.54, 1.807) is 6.20 Å². The molecule has 0 atom stereocenters. The number of carbonyl (C=O) groups is 1. The van der Waals surface area contributed by atoms with Crippen molar-refractivity contribution in [3.8, 4) is 11.4 Å². The molecule has 3 fully saturated rings. The Labute approximate surface area is 184 Å². The van der Waals surface area contributed by atoms with Gasteiger partial charge in [0.25, 0.3) is 0 Å². The molecule has 6 rings (SSSR count). The fourth-order valence-electron chi connectivity index (χ4n) is 4.58. The Morgan fingerprint density at radius 1 is 1.28 bits per heavy atom. The Morgan fingerprint density at radius 3 is 2.90 bits per heavy atom. The van der Waals surface area contributed by atoms with Gasteiger partial charge in [0.15, 0.2) is 0 Å². The summed E-state index contributed by atoms with van der Waals surface area (Å²) in [4.78, 5) is 27.6. The Kier molecular flexibility index (Phi) is 4.64. The zero-order chi connectivity index (χ0) is 20.2. The van der Waals surface area contributed by atoms with Crippen molar-refractivity contribution in [3.05, 3.63) is 36.3 Å². The van der Waals surface area contributed by atoms with E-state index in [1.165, 1.54) is 6.07 Å². The van der Waals surface area contributed by atoms with Gasteiger partial charge in [-0.15, -0.1) is 0 Å². The molecule has 0 amide bonds. The first kappa shape index (κ1) is 19.3. The Bertz CT molecular complexity index is 1130. The number of nitrogens with one attached hydrogen (secondary N) is 2. The van der Waals surface area contributed by atoms with Crippen molar-refractivity contribution < 1.29 is 34.3 Å². The molecule has 3 aliphatic carbocycles. The maximum absolute atomic E-state index is 14.4. The summed E-state index contributed by atoms with van der Waals surface area (Å²) in [5, 5.41) is 3.73. The fourth-order valence-corrected chi connectivity index (χ4v) is 6.21. The summed E-state index contributed by atoms with van der Waals surface area (Å²) in [5.74, 6) is -0.833. The number of aromatic amines is 1. The van der Waals surface area contributed by atoms with Crippen LogP contribution in [0.2, 0.25) is 0 Å². The van der Waals surface area contributed by atoms with Crippen LogP contribution in [0.1, 0.15) is 25.7 Å². The van der Waals surface area contributed by atoms with Crippen molar-refractivity contribution in [2.24, 2.45) is 5.41 Å². The van der Waals surface area contributed by atoms with Gasteiger partial charge in [-0.1, -0.05) is 0 Å². The van der Waals surface area contributed by atoms with Crippen LogP contribution in [-0.4, -0.2) is 31.4 Å². The molecule has 2 bridgehead atoms. The first-order chi connectivity index (χ1) is 13.9. The maximum atomic E-state index is 14.4. The minimum atomic E-state index is -0.588. The van der Waals surface area contributed by atoms with Gasteiger partial charge in [-0.2, -0.15) is 0 Å². The van der Waals surface area contributed by atoms with Crippen LogP contribution in [0.25, 0.3) is 22.4 Å². The zero-order valence-electron chi connectivity index (χ0n) is 14.8. The van der Waals surface area contributed by atoms with E-state index in [1.807, 2.05) is 0 Å². The van der Waals surface area contributed by atoms with Crippen molar-refractivity contribution in [2.45, 2.75) is 31.2 Å². The minimum absolute atomic E-state index is 0.0823. The normalized spacial score (nSPS) is 25.2. The molecule has 0 saturated heterocycles. The predicted molar refractivity (Wildman–Crippen MR) is 104 cm³/mol. The molecule has 3 saturated carbocycles. The number of pyridine rings is 1. The number of hydrogen-bond acceptors (Lipinski definition) is 6. The van der Waals surface area contributed by atoms with Gasteiger partial charge in [0.1, 0.15) is 5.82 Å². The Hall–Kier alpha value is -1.64. The second kappa shape index (κ2) is 6.96. The monoisotopic (exact) mass is 624 g/mol. The number of hydrogen-bond donors (Lipinski definition) is 2. The molecule has 3 aromatic heterocycles. The summed E-state index contributed by atoms with van der Waals surface area (Å²) in [7, 11) is 0. The first-order valence-electron chi connectivity index (χ1n) is 8.85. The van der Waals surface area contributed by atoms with Crippen molar-refractivity contribution in [1.29, 1.82) is 0 Å². The number of fused-ring (bicyclic) bond motifs is 2. The molecule has 0 aliphatic heterocycles. The SMILES string of the molecule is O=C(O[I-]I)C12CCC(Nc3nc(-c4c[nH]c5ncc(F)cc45)ncc3F)(C1)C2. The number of nitrogens with zero attached hydrogens (tertiary/aromatic N) is 3. The molecule has 3 aliphatic rings. The van der Waals surface area contributed by atoms with Gasteiger partial charge in [-0.05, 0) is 0 Å². The third kappa shape index (κ3) is 3.16. The second-order valence-corrected chi connectivity index (χ2v) is 10.6. The molecule has 152 valence electrons. The number of halogens is 4. The number of aromatic nitrogens is 4. The van der Waals surface area contributed by atoms with Crippen molar-refractivity contribution in [1.82, 2.24) is 19.9 Å². The van der Waals surface area contributed by atoms with Crippen LogP contribution in [0, 0.1) is 17.0 Å². The summed E-state index contributed by atoms with van der Waals surface area (Å²) < 4.78 is 33.4. The quantitative estimate of drug-likeness (QED) is 0.411. The predicted octanol–water partition coefficient (Wildman–Crippen LogP) is 0.920. The summed E-state index contributed by atoms with van der Waals surface area (Å²) in [5.41, 5.74) is 0.239. The molecule has 7 nitrogen and oxygen atoms in total. The number of anilines is 1. The molecule has 0 spiro atoms. The van der Waals surface area contributed by atoms with Gasteiger partial charge < -0.3 is 0 Å². The van der Waals surface area contributed by atoms with Gasteiger partial charge in [-0.3, -0.25) is 0 Å². The van der Waals surface area contributed by atoms with Crippen LogP contribution >= 0.6 is 18.6 Å².